The normalized spacial score (nSPS) is 20.5. The second kappa shape index (κ2) is 6.93. The molecule has 2 heterocycles. The van der Waals surface area contributed by atoms with Gasteiger partial charge in [-0.2, -0.15) is 0 Å². The number of carbonyl (C=O) groups is 3. The van der Waals surface area contributed by atoms with Crippen molar-refractivity contribution in [2.24, 2.45) is 0 Å². The van der Waals surface area contributed by atoms with Gasteiger partial charge in [0, 0.05) is 25.6 Å². The SMILES string of the molecule is CCC1CCCCN1C(=O)CCN1C(=O)c2cccc(Cl)c2C1=O. The third kappa shape index (κ3) is 2.93. The minimum absolute atomic E-state index is 0.0178. The quantitative estimate of drug-likeness (QED) is 0.785. The molecule has 1 saturated heterocycles. The van der Waals surface area contributed by atoms with Crippen molar-refractivity contribution in [1.29, 1.82) is 0 Å². The molecule has 128 valence electrons. The van der Waals surface area contributed by atoms with Gasteiger partial charge in [-0.05, 0) is 37.8 Å². The van der Waals surface area contributed by atoms with Crippen LogP contribution in [0.15, 0.2) is 18.2 Å². The highest BCUT2D eigenvalue weighted by Gasteiger charge is 2.37. The Bertz CT molecular complexity index is 689. The zero-order valence-corrected chi connectivity index (χ0v) is 14.5. The fraction of sp³-hybridized carbons (Fsp3) is 0.500. The Morgan fingerprint density at radius 1 is 1.25 bits per heavy atom. The first-order valence-corrected chi connectivity index (χ1v) is 8.86. The van der Waals surface area contributed by atoms with E-state index >= 15 is 0 Å². The van der Waals surface area contributed by atoms with Gasteiger partial charge in [0.15, 0.2) is 0 Å². The summed E-state index contributed by atoms with van der Waals surface area (Å²) in [5.41, 5.74) is 0.574. The molecule has 5 nitrogen and oxygen atoms in total. The van der Waals surface area contributed by atoms with Gasteiger partial charge in [-0.25, -0.2) is 0 Å². The zero-order chi connectivity index (χ0) is 17.3. The molecule has 24 heavy (non-hydrogen) atoms. The van der Waals surface area contributed by atoms with Crippen molar-refractivity contribution in [3.63, 3.8) is 0 Å². The molecule has 0 bridgehead atoms. The highest BCUT2D eigenvalue weighted by molar-refractivity contribution is 6.37. The van der Waals surface area contributed by atoms with Gasteiger partial charge >= 0.3 is 0 Å². The van der Waals surface area contributed by atoms with Crippen molar-refractivity contribution in [2.45, 2.75) is 45.1 Å². The van der Waals surface area contributed by atoms with E-state index in [-0.39, 0.29) is 41.4 Å². The fourth-order valence-electron chi connectivity index (χ4n) is 3.60. The highest BCUT2D eigenvalue weighted by atomic mass is 35.5. The summed E-state index contributed by atoms with van der Waals surface area (Å²) in [4.78, 5) is 40.4. The number of rotatable bonds is 4. The third-order valence-electron chi connectivity index (χ3n) is 4.92. The molecule has 0 radical (unpaired) electrons. The molecule has 6 heteroatoms. The minimum atomic E-state index is -0.404. The van der Waals surface area contributed by atoms with E-state index in [4.69, 9.17) is 11.6 Å². The smallest absolute Gasteiger partial charge is 0.263 e. The molecule has 3 rings (SSSR count). The maximum absolute atomic E-state index is 12.5. The van der Waals surface area contributed by atoms with Gasteiger partial charge < -0.3 is 4.90 Å². The number of halogens is 1. The Balaban J connectivity index is 1.67. The number of likely N-dealkylation sites (tertiary alicyclic amines) is 1. The first-order valence-electron chi connectivity index (χ1n) is 8.48. The first-order chi connectivity index (χ1) is 11.5. The Morgan fingerprint density at radius 2 is 2.04 bits per heavy atom. The fourth-order valence-corrected chi connectivity index (χ4v) is 3.86. The minimum Gasteiger partial charge on any atom is -0.340 e. The van der Waals surface area contributed by atoms with E-state index in [0.29, 0.717) is 5.56 Å². The second-order valence-corrected chi connectivity index (χ2v) is 6.73. The lowest BCUT2D eigenvalue weighted by molar-refractivity contribution is -0.135. The zero-order valence-electron chi connectivity index (χ0n) is 13.8. The predicted octanol–water partition coefficient (Wildman–Crippen LogP) is 3.12. The number of hydrogen-bond acceptors (Lipinski definition) is 3. The molecule has 1 aromatic rings. The molecule has 1 unspecified atom stereocenters. The number of amides is 3. The number of hydrogen-bond donors (Lipinski definition) is 0. The lowest BCUT2D eigenvalue weighted by Crippen LogP contribution is -2.44. The van der Waals surface area contributed by atoms with E-state index in [1.807, 2.05) is 4.90 Å². The Hall–Kier alpha value is -1.88. The molecule has 1 atom stereocenters. The van der Waals surface area contributed by atoms with Gasteiger partial charge in [0.2, 0.25) is 5.91 Å². The van der Waals surface area contributed by atoms with E-state index in [1.54, 1.807) is 18.2 Å². The van der Waals surface area contributed by atoms with E-state index in [2.05, 4.69) is 6.92 Å². The van der Waals surface area contributed by atoms with Gasteiger partial charge in [0.1, 0.15) is 0 Å². The number of imide groups is 1. The second-order valence-electron chi connectivity index (χ2n) is 6.32. The van der Waals surface area contributed by atoms with Crippen LogP contribution in [0.1, 0.15) is 59.7 Å². The van der Waals surface area contributed by atoms with Crippen LogP contribution in [0.3, 0.4) is 0 Å². The average Bonchev–Trinajstić information content (AvgIpc) is 2.84. The Kier molecular flexibility index (Phi) is 4.90. The molecule has 1 aromatic carbocycles. The molecule has 0 aliphatic carbocycles. The van der Waals surface area contributed by atoms with Crippen LogP contribution < -0.4 is 0 Å². The molecular formula is C18H21ClN2O3. The molecule has 2 aliphatic heterocycles. The number of nitrogens with zero attached hydrogens (tertiary/aromatic N) is 2. The van der Waals surface area contributed by atoms with E-state index in [9.17, 15) is 14.4 Å². The van der Waals surface area contributed by atoms with Crippen molar-refractivity contribution in [1.82, 2.24) is 9.80 Å². The summed E-state index contributed by atoms with van der Waals surface area (Å²) in [6, 6.07) is 5.13. The summed E-state index contributed by atoms with van der Waals surface area (Å²) in [5.74, 6) is -0.751. The van der Waals surface area contributed by atoms with Gasteiger partial charge in [0.05, 0.1) is 16.1 Å². The summed E-state index contributed by atoms with van der Waals surface area (Å²) in [6.45, 7) is 2.96. The molecular weight excluding hydrogens is 328 g/mol. The summed E-state index contributed by atoms with van der Waals surface area (Å²) in [6.07, 6.45) is 4.31. The van der Waals surface area contributed by atoms with Gasteiger partial charge in [-0.15, -0.1) is 0 Å². The summed E-state index contributed by atoms with van der Waals surface area (Å²) >= 11 is 6.04. The molecule has 0 aromatic heterocycles. The molecule has 0 N–H and O–H groups in total. The van der Waals surface area contributed by atoms with Crippen LogP contribution in [0.4, 0.5) is 0 Å². The molecule has 2 aliphatic rings. The maximum atomic E-state index is 12.5. The Labute approximate surface area is 146 Å². The highest BCUT2D eigenvalue weighted by Crippen LogP contribution is 2.29. The molecule has 0 saturated carbocycles. The van der Waals surface area contributed by atoms with Gasteiger partial charge in [-0.3, -0.25) is 19.3 Å². The van der Waals surface area contributed by atoms with Crippen LogP contribution in [-0.2, 0) is 4.79 Å². The topological polar surface area (TPSA) is 57.7 Å². The molecule has 0 spiro atoms. The van der Waals surface area contributed by atoms with Crippen LogP contribution in [0.2, 0.25) is 5.02 Å². The predicted molar refractivity (Wildman–Crippen MR) is 91.1 cm³/mol. The van der Waals surface area contributed by atoms with Crippen LogP contribution >= 0.6 is 11.6 Å². The van der Waals surface area contributed by atoms with E-state index in [1.165, 1.54) is 0 Å². The standard InChI is InChI=1S/C18H21ClN2O3/c1-2-12-6-3-4-10-20(12)15(22)9-11-21-17(23)13-7-5-8-14(19)16(13)18(21)24/h5,7-8,12H,2-4,6,9-11H2,1H3. The molecule has 1 fully saturated rings. The lowest BCUT2D eigenvalue weighted by Gasteiger charge is -2.35. The monoisotopic (exact) mass is 348 g/mol. The maximum Gasteiger partial charge on any atom is 0.263 e. The first kappa shape index (κ1) is 17.0. The van der Waals surface area contributed by atoms with Crippen molar-refractivity contribution in [2.75, 3.05) is 13.1 Å². The number of carbonyl (C=O) groups excluding carboxylic acids is 3. The number of benzene rings is 1. The number of fused-ring (bicyclic) bond motifs is 1. The van der Waals surface area contributed by atoms with E-state index < -0.39 is 5.91 Å². The average molecular weight is 349 g/mol. The van der Waals surface area contributed by atoms with Gasteiger partial charge in [0.25, 0.3) is 11.8 Å². The lowest BCUT2D eigenvalue weighted by atomic mass is 9.99. The van der Waals surface area contributed by atoms with Crippen molar-refractivity contribution in [3.05, 3.63) is 34.3 Å². The van der Waals surface area contributed by atoms with Crippen molar-refractivity contribution in [3.8, 4) is 0 Å². The van der Waals surface area contributed by atoms with Crippen LogP contribution in [0, 0.1) is 0 Å². The van der Waals surface area contributed by atoms with Crippen molar-refractivity contribution < 1.29 is 14.4 Å². The number of piperidine rings is 1. The van der Waals surface area contributed by atoms with Crippen LogP contribution in [0.25, 0.3) is 0 Å². The Morgan fingerprint density at radius 3 is 2.75 bits per heavy atom. The van der Waals surface area contributed by atoms with Crippen LogP contribution in [-0.4, -0.2) is 46.7 Å². The van der Waals surface area contributed by atoms with E-state index in [0.717, 1.165) is 37.1 Å². The summed E-state index contributed by atoms with van der Waals surface area (Å²) in [7, 11) is 0. The molecule has 3 amide bonds. The van der Waals surface area contributed by atoms with Crippen molar-refractivity contribution >= 4 is 29.3 Å². The largest absolute Gasteiger partial charge is 0.340 e. The van der Waals surface area contributed by atoms with Crippen LogP contribution in [0.5, 0.6) is 0 Å². The summed E-state index contributed by atoms with van der Waals surface area (Å²) < 4.78 is 0. The third-order valence-corrected chi connectivity index (χ3v) is 5.23. The van der Waals surface area contributed by atoms with Gasteiger partial charge in [-0.1, -0.05) is 24.6 Å². The summed E-state index contributed by atoms with van der Waals surface area (Å²) in [5, 5.41) is 0.279.